The first kappa shape index (κ1) is 18.1. The number of pyridine rings is 1. The van der Waals surface area contributed by atoms with E-state index in [2.05, 4.69) is 76.3 Å². The molecule has 1 aliphatic rings. The Morgan fingerprint density at radius 2 is 1.81 bits per heavy atom. The number of likely N-dealkylation sites (tertiary alicyclic amines) is 1. The normalized spacial score (nSPS) is 17.8. The number of nitrogens with zero attached hydrogens (tertiary/aromatic N) is 3. The minimum atomic E-state index is 0.673. The number of benzene rings is 2. The topological polar surface area (TPSA) is 19.4 Å². The summed E-state index contributed by atoms with van der Waals surface area (Å²) >= 11 is 0. The fourth-order valence-electron chi connectivity index (χ4n) is 4.42. The smallest absolute Gasteiger partial charge is 0.0271 e. The summed E-state index contributed by atoms with van der Waals surface area (Å²) in [6.07, 6.45) is 6.45. The van der Waals surface area contributed by atoms with Gasteiger partial charge >= 0.3 is 0 Å². The fraction of sp³-hybridized carbons (Fsp3) is 0.375. The first-order valence-electron chi connectivity index (χ1n) is 10.2. The van der Waals surface area contributed by atoms with Crippen molar-refractivity contribution in [1.29, 1.82) is 0 Å². The van der Waals surface area contributed by atoms with E-state index < -0.39 is 0 Å². The lowest BCUT2D eigenvalue weighted by Gasteiger charge is -2.30. The summed E-state index contributed by atoms with van der Waals surface area (Å²) in [5, 5.41) is 2.70. The zero-order chi connectivity index (χ0) is 18.5. The van der Waals surface area contributed by atoms with E-state index in [0.29, 0.717) is 6.04 Å². The van der Waals surface area contributed by atoms with Gasteiger partial charge in [0.1, 0.15) is 0 Å². The summed E-state index contributed by atoms with van der Waals surface area (Å²) < 4.78 is 0. The highest BCUT2D eigenvalue weighted by molar-refractivity contribution is 5.85. The van der Waals surface area contributed by atoms with E-state index >= 15 is 0 Å². The highest BCUT2D eigenvalue weighted by Crippen LogP contribution is 2.23. The maximum Gasteiger partial charge on any atom is 0.0271 e. The summed E-state index contributed by atoms with van der Waals surface area (Å²) in [5.74, 6) is 0. The van der Waals surface area contributed by atoms with Crippen LogP contribution < -0.4 is 0 Å². The van der Waals surface area contributed by atoms with E-state index in [1.807, 2.05) is 12.4 Å². The zero-order valence-electron chi connectivity index (χ0n) is 16.2. The summed E-state index contributed by atoms with van der Waals surface area (Å²) in [4.78, 5) is 9.44. The molecule has 1 aliphatic heterocycles. The number of likely N-dealkylation sites (N-methyl/N-ethyl adjacent to an activating group) is 1. The summed E-state index contributed by atoms with van der Waals surface area (Å²) in [6, 6.07) is 20.4. The molecule has 140 valence electrons. The molecule has 0 spiro atoms. The highest BCUT2D eigenvalue weighted by atomic mass is 15.2. The number of aromatic nitrogens is 1. The van der Waals surface area contributed by atoms with Crippen LogP contribution in [0.1, 0.15) is 30.9 Å². The van der Waals surface area contributed by atoms with Crippen LogP contribution in [0.15, 0.2) is 67.0 Å². The van der Waals surface area contributed by atoms with Crippen LogP contribution in [0.2, 0.25) is 0 Å². The number of hydrogen-bond donors (Lipinski definition) is 0. The lowest BCUT2D eigenvalue weighted by atomic mass is 10.0. The molecule has 1 fully saturated rings. The Kier molecular flexibility index (Phi) is 5.81. The van der Waals surface area contributed by atoms with Crippen molar-refractivity contribution in [3.63, 3.8) is 0 Å². The fourth-order valence-corrected chi connectivity index (χ4v) is 4.42. The minimum Gasteiger partial charge on any atom is -0.299 e. The van der Waals surface area contributed by atoms with Gasteiger partial charge < -0.3 is 0 Å². The lowest BCUT2D eigenvalue weighted by Crippen LogP contribution is -2.39. The van der Waals surface area contributed by atoms with Crippen molar-refractivity contribution in [2.75, 3.05) is 19.6 Å². The second-order valence-corrected chi connectivity index (χ2v) is 7.59. The third-order valence-corrected chi connectivity index (χ3v) is 5.80. The molecule has 1 atom stereocenters. The van der Waals surface area contributed by atoms with Crippen molar-refractivity contribution < 1.29 is 0 Å². The van der Waals surface area contributed by atoms with E-state index in [9.17, 15) is 0 Å². The Morgan fingerprint density at radius 3 is 2.67 bits per heavy atom. The Morgan fingerprint density at radius 1 is 1.00 bits per heavy atom. The van der Waals surface area contributed by atoms with Gasteiger partial charge in [0.25, 0.3) is 0 Å². The van der Waals surface area contributed by atoms with Gasteiger partial charge in [-0.3, -0.25) is 14.8 Å². The molecule has 3 aromatic rings. The Hall–Kier alpha value is -2.23. The van der Waals surface area contributed by atoms with E-state index in [0.717, 1.165) is 26.2 Å². The monoisotopic (exact) mass is 359 g/mol. The standard InChI is InChI=1S/C24H29N3/c1-2-27-16-6-10-23(27)19-26(17-20-12-14-25-15-13-20)18-22-9-5-8-21-7-3-4-11-24(21)22/h3-5,7-9,11-15,23H,2,6,10,16-19H2,1H3. The van der Waals surface area contributed by atoms with Crippen molar-refractivity contribution in [3.05, 3.63) is 78.1 Å². The zero-order valence-corrected chi connectivity index (χ0v) is 16.2. The quantitative estimate of drug-likeness (QED) is 0.608. The predicted octanol–water partition coefficient (Wildman–Crippen LogP) is 4.72. The van der Waals surface area contributed by atoms with Crippen molar-refractivity contribution in [2.45, 2.75) is 38.9 Å². The first-order valence-corrected chi connectivity index (χ1v) is 10.2. The minimum absolute atomic E-state index is 0.673. The van der Waals surface area contributed by atoms with Crippen LogP contribution in [0, 0.1) is 0 Å². The third kappa shape index (κ3) is 4.37. The molecule has 0 N–H and O–H groups in total. The summed E-state index contributed by atoms with van der Waals surface area (Å²) in [6.45, 7) is 7.77. The van der Waals surface area contributed by atoms with Crippen molar-refractivity contribution >= 4 is 10.8 Å². The van der Waals surface area contributed by atoms with Gasteiger partial charge in [-0.1, -0.05) is 49.4 Å². The number of rotatable bonds is 7. The van der Waals surface area contributed by atoms with E-state index in [-0.39, 0.29) is 0 Å². The highest BCUT2D eigenvalue weighted by Gasteiger charge is 2.25. The number of fused-ring (bicyclic) bond motifs is 1. The Bertz CT molecular complexity index is 856. The van der Waals surface area contributed by atoms with Crippen LogP contribution in [0.25, 0.3) is 10.8 Å². The maximum atomic E-state index is 4.18. The van der Waals surface area contributed by atoms with Gasteiger partial charge in [0, 0.05) is 38.1 Å². The molecule has 3 nitrogen and oxygen atoms in total. The van der Waals surface area contributed by atoms with Crippen LogP contribution in [-0.2, 0) is 13.1 Å². The van der Waals surface area contributed by atoms with Crippen molar-refractivity contribution in [2.24, 2.45) is 0 Å². The van der Waals surface area contributed by atoms with Crippen LogP contribution in [0.5, 0.6) is 0 Å². The lowest BCUT2D eigenvalue weighted by molar-refractivity contribution is 0.166. The molecule has 2 heterocycles. The average Bonchev–Trinajstić information content (AvgIpc) is 3.16. The maximum absolute atomic E-state index is 4.18. The molecule has 27 heavy (non-hydrogen) atoms. The second kappa shape index (κ2) is 8.64. The molecule has 0 amide bonds. The van der Waals surface area contributed by atoms with Crippen LogP contribution in [-0.4, -0.2) is 40.5 Å². The van der Waals surface area contributed by atoms with Crippen LogP contribution in [0.4, 0.5) is 0 Å². The molecule has 1 saturated heterocycles. The van der Waals surface area contributed by atoms with Crippen molar-refractivity contribution in [3.8, 4) is 0 Å². The van der Waals surface area contributed by atoms with E-state index in [1.165, 1.54) is 41.3 Å². The van der Waals surface area contributed by atoms with Gasteiger partial charge in [0.2, 0.25) is 0 Å². The molecule has 0 saturated carbocycles. The van der Waals surface area contributed by atoms with Gasteiger partial charge in [0.05, 0.1) is 0 Å². The SMILES string of the molecule is CCN1CCCC1CN(Cc1ccncc1)Cc1cccc2ccccc12. The molecule has 2 aromatic carbocycles. The molecule has 4 rings (SSSR count). The molecular formula is C24H29N3. The number of hydrogen-bond acceptors (Lipinski definition) is 3. The van der Waals surface area contributed by atoms with E-state index in [1.54, 1.807) is 0 Å². The molecule has 1 aromatic heterocycles. The van der Waals surface area contributed by atoms with Gasteiger partial charge in [-0.2, -0.15) is 0 Å². The molecule has 0 radical (unpaired) electrons. The molecule has 1 unspecified atom stereocenters. The van der Waals surface area contributed by atoms with E-state index in [4.69, 9.17) is 0 Å². The average molecular weight is 360 g/mol. The van der Waals surface area contributed by atoms with Gasteiger partial charge in [-0.05, 0) is 60.0 Å². The first-order chi connectivity index (χ1) is 13.3. The summed E-state index contributed by atoms with van der Waals surface area (Å²) in [5.41, 5.74) is 2.76. The van der Waals surface area contributed by atoms with Gasteiger partial charge in [0.15, 0.2) is 0 Å². The largest absolute Gasteiger partial charge is 0.299 e. The van der Waals surface area contributed by atoms with Gasteiger partial charge in [-0.25, -0.2) is 0 Å². The Labute approximate surface area is 162 Å². The van der Waals surface area contributed by atoms with Gasteiger partial charge in [-0.15, -0.1) is 0 Å². The molecule has 0 aliphatic carbocycles. The third-order valence-electron chi connectivity index (χ3n) is 5.80. The molecule has 3 heteroatoms. The molecule has 0 bridgehead atoms. The Balaban J connectivity index is 1.58. The molecular weight excluding hydrogens is 330 g/mol. The summed E-state index contributed by atoms with van der Waals surface area (Å²) in [7, 11) is 0. The van der Waals surface area contributed by atoms with Crippen molar-refractivity contribution in [1.82, 2.24) is 14.8 Å². The van der Waals surface area contributed by atoms with Crippen LogP contribution in [0.3, 0.4) is 0 Å². The predicted molar refractivity (Wildman–Crippen MR) is 113 cm³/mol. The second-order valence-electron chi connectivity index (χ2n) is 7.59. The van der Waals surface area contributed by atoms with Crippen LogP contribution >= 0.6 is 0 Å².